The number of nitrogens with two attached hydrogens (primary N) is 1. The van der Waals surface area contributed by atoms with E-state index in [1.807, 2.05) is 7.05 Å². The van der Waals surface area contributed by atoms with Gasteiger partial charge in [-0.1, -0.05) is 33.8 Å². The summed E-state index contributed by atoms with van der Waals surface area (Å²) in [5.74, 6) is 2.13. The predicted molar refractivity (Wildman–Crippen MR) is 117 cm³/mol. The fraction of sp³-hybridized carbons (Fsp3) is 0.739. The fourth-order valence-electron chi connectivity index (χ4n) is 5.65. The normalized spacial score (nSPS) is 30.4. The second-order valence-electron chi connectivity index (χ2n) is 9.53. The van der Waals surface area contributed by atoms with Crippen LogP contribution in [0.5, 0.6) is 0 Å². The van der Waals surface area contributed by atoms with Crippen molar-refractivity contribution in [2.24, 2.45) is 17.6 Å². The molecule has 1 aliphatic heterocycles. The van der Waals surface area contributed by atoms with E-state index < -0.39 is 0 Å². The SMILES string of the molecule is CNCN(C)CC1(C)c2c(cc(CN)c(N3CCC(C)C(C)C3)c2C)C1C. The standard InChI is InChI=1S/C23H40N4/c1-15-8-9-27(12-16(15)2)22-17(3)21-20(10-19(22)11-24)18(4)23(21,5)13-26(7)14-25-6/h10,15-16,18,25H,8-9,11-14,24H2,1-7H3. The molecule has 4 atom stereocenters. The van der Waals surface area contributed by atoms with Crippen LogP contribution in [0.2, 0.25) is 0 Å². The first-order chi connectivity index (χ1) is 12.7. The van der Waals surface area contributed by atoms with Crippen LogP contribution in [-0.4, -0.2) is 45.3 Å². The monoisotopic (exact) mass is 372 g/mol. The molecule has 4 unspecified atom stereocenters. The molecule has 0 aromatic heterocycles. The van der Waals surface area contributed by atoms with Crippen LogP contribution in [0, 0.1) is 18.8 Å². The van der Waals surface area contributed by atoms with E-state index in [1.165, 1.54) is 28.8 Å². The highest BCUT2D eigenvalue weighted by Crippen LogP contribution is 2.55. The van der Waals surface area contributed by atoms with Crippen LogP contribution in [0.25, 0.3) is 0 Å². The molecule has 3 N–H and O–H groups in total. The van der Waals surface area contributed by atoms with Gasteiger partial charge in [0.05, 0.1) is 0 Å². The topological polar surface area (TPSA) is 44.5 Å². The third-order valence-electron chi connectivity index (χ3n) is 7.54. The largest absolute Gasteiger partial charge is 0.371 e. The molecule has 4 heteroatoms. The first-order valence-corrected chi connectivity index (χ1v) is 10.7. The van der Waals surface area contributed by atoms with Gasteiger partial charge in [0.15, 0.2) is 0 Å². The van der Waals surface area contributed by atoms with Crippen molar-refractivity contribution < 1.29 is 0 Å². The highest BCUT2D eigenvalue weighted by atomic mass is 15.2. The molecule has 1 aromatic carbocycles. The molecule has 2 aliphatic rings. The molecule has 1 heterocycles. The van der Waals surface area contributed by atoms with E-state index >= 15 is 0 Å². The Bertz CT molecular complexity index is 685. The van der Waals surface area contributed by atoms with Crippen molar-refractivity contribution in [2.45, 2.75) is 58.9 Å². The van der Waals surface area contributed by atoms with E-state index in [0.717, 1.165) is 38.1 Å². The number of piperidine rings is 1. The number of likely N-dealkylation sites (N-methyl/N-ethyl adjacent to an activating group) is 1. The van der Waals surface area contributed by atoms with Crippen LogP contribution < -0.4 is 16.0 Å². The summed E-state index contributed by atoms with van der Waals surface area (Å²) in [7, 11) is 4.23. The number of nitrogens with zero attached hydrogens (tertiary/aromatic N) is 2. The molecule has 1 aromatic rings. The molecule has 3 rings (SSSR count). The van der Waals surface area contributed by atoms with Crippen LogP contribution in [0.4, 0.5) is 5.69 Å². The molecule has 152 valence electrons. The van der Waals surface area contributed by atoms with Crippen LogP contribution in [0.15, 0.2) is 6.07 Å². The highest BCUT2D eigenvalue weighted by molar-refractivity contribution is 5.70. The quantitative estimate of drug-likeness (QED) is 0.751. The number of benzene rings is 1. The molecular formula is C23H40N4. The number of rotatable bonds is 6. The minimum atomic E-state index is 0.210. The molecule has 0 spiro atoms. The van der Waals surface area contributed by atoms with E-state index in [0.29, 0.717) is 12.5 Å². The minimum Gasteiger partial charge on any atom is -0.371 e. The van der Waals surface area contributed by atoms with Gasteiger partial charge in [0.2, 0.25) is 0 Å². The average molecular weight is 373 g/mol. The third-order valence-corrected chi connectivity index (χ3v) is 7.54. The summed E-state index contributed by atoms with van der Waals surface area (Å²) in [6, 6.07) is 2.42. The minimum absolute atomic E-state index is 0.210. The van der Waals surface area contributed by atoms with Crippen molar-refractivity contribution in [1.82, 2.24) is 10.2 Å². The predicted octanol–water partition coefficient (Wildman–Crippen LogP) is 3.42. The Hall–Kier alpha value is -1.10. The van der Waals surface area contributed by atoms with E-state index in [-0.39, 0.29) is 5.41 Å². The molecule has 1 fully saturated rings. The van der Waals surface area contributed by atoms with Gasteiger partial charge in [-0.2, -0.15) is 0 Å². The molecule has 0 radical (unpaired) electrons. The van der Waals surface area contributed by atoms with Gasteiger partial charge in [-0.15, -0.1) is 0 Å². The first-order valence-electron chi connectivity index (χ1n) is 10.7. The zero-order valence-corrected chi connectivity index (χ0v) is 18.5. The summed E-state index contributed by atoms with van der Waals surface area (Å²) in [6.45, 7) is 16.9. The zero-order valence-electron chi connectivity index (χ0n) is 18.5. The van der Waals surface area contributed by atoms with E-state index in [9.17, 15) is 0 Å². The molecule has 0 bridgehead atoms. The Morgan fingerprint density at radius 3 is 2.59 bits per heavy atom. The average Bonchev–Trinajstić information content (AvgIpc) is 2.62. The van der Waals surface area contributed by atoms with E-state index in [4.69, 9.17) is 5.73 Å². The summed E-state index contributed by atoms with van der Waals surface area (Å²) < 4.78 is 0. The lowest BCUT2D eigenvalue weighted by molar-refractivity contribution is 0.199. The van der Waals surface area contributed by atoms with Gasteiger partial charge in [-0.05, 0) is 67.4 Å². The second-order valence-corrected chi connectivity index (χ2v) is 9.53. The summed E-state index contributed by atoms with van der Waals surface area (Å²) in [6.07, 6.45) is 1.28. The molecular weight excluding hydrogens is 332 g/mol. The number of hydrogen-bond acceptors (Lipinski definition) is 4. The zero-order chi connectivity index (χ0) is 19.9. The number of nitrogens with one attached hydrogen (secondary N) is 1. The van der Waals surface area contributed by atoms with Crippen molar-refractivity contribution >= 4 is 5.69 Å². The maximum Gasteiger partial charge on any atom is 0.0475 e. The Balaban J connectivity index is 2.00. The van der Waals surface area contributed by atoms with Crippen molar-refractivity contribution in [3.05, 3.63) is 28.3 Å². The summed E-state index contributed by atoms with van der Waals surface area (Å²) in [5.41, 5.74) is 13.8. The Labute approximate surface area is 166 Å². The Morgan fingerprint density at radius 1 is 1.30 bits per heavy atom. The second kappa shape index (κ2) is 7.73. The lowest BCUT2D eigenvalue weighted by Gasteiger charge is -2.52. The molecule has 27 heavy (non-hydrogen) atoms. The van der Waals surface area contributed by atoms with E-state index in [2.05, 4.69) is 62.8 Å². The Morgan fingerprint density at radius 2 is 2.00 bits per heavy atom. The summed E-state index contributed by atoms with van der Waals surface area (Å²) in [4.78, 5) is 5.03. The summed E-state index contributed by atoms with van der Waals surface area (Å²) in [5, 5.41) is 3.28. The lowest BCUT2D eigenvalue weighted by atomic mass is 9.55. The van der Waals surface area contributed by atoms with Crippen LogP contribution >= 0.6 is 0 Å². The van der Waals surface area contributed by atoms with Gasteiger partial charge in [-0.3, -0.25) is 4.90 Å². The van der Waals surface area contributed by atoms with Gasteiger partial charge in [0.1, 0.15) is 0 Å². The molecule has 0 amide bonds. The van der Waals surface area contributed by atoms with Gasteiger partial charge < -0.3 is 16.0 Å². The van der Waals surface area contributed by atoms with Crippen LogP contribution in [-0.2, 0) is 12.0 Å². The lowest BCUT2D eigenvalue weighted by Crippen LogP contribution is -2.50. The number of anilines is 1. The van der Waals surface area contributed by atoms with Crippen LogP contribution in [0.1, 0.15) is 62.3 Å². The molecule has 0 saturated carbocycles. The maximum atomic E-state index is 6.22. The number of fused-ring (bicyclic) bond motifs is 1. The Kier molecular flexibility index (Phi) is 5.90. The summed E-state index contributed by atoms with van der Waals surface area (Å²) >= 11 is 0. The van der Waals surface area contributed by atoms with Crippen LogP contribution in [0.3, 0.4) is 0 Å². The van der Waals surface area contributed by atoms with Crippen molar-refractivity contribution in [1.29, 1.82) is 0 Å². The van der Waals surface area contributed by atoms with Crippen molar-refractivity contribution in [2.75, 3.05) is 45.3 Å². The highest BCUT2D eigenvalue weighted by Gasteiger charge is 2.48. The molecule has 1 aliphatic carbocycles. The molecule has 1 saturated heterocycles. The maximum absolute atomic E-state index is 6.22. The number of hydrogen-bond donors (Lipinski definition) is 2. The first kappa shape index (κ1) is 20.6. The molecule has 4 nitrogen and oxygen atoms in total. The van der Waals surface area contributed by atoms with E-state index in [1.54, 1.807) is 5.56 Å². The van der Waals surface area contributed by atoms with Gasteiger partial charge in [-0.25, -0.2) is 0 Å². The van der Waals surface area contributed by atoms with Gasteiger partial charge >= 0.3 is 0 Å². The van der Waals surface area contributed by atoms with Crippen molar-refractivity contribution in [3.63, 3.8) is 0 Å². The fourth-order valence-corrected chi connectivity index (χ4v) is 5.65. The van der Waals surface area contributed by atoms with Gasteiger partial charge in [0, 0.05) is 44.0 Å². The third kappa shape index (κ3) is 3.41. The van der Waals surface area contributed by atoms with Crippen molar-refractivity contribution in [3.8, 4) is 0 Å². The smallest absolute Gasteiger partial charge is 0.0475 e. The van der Waals surface area contributed by atoms with Gasteiger partial charge in [0.25, 0.3) is 0 Å².